The van der Waals surface area contributed by atoms with Gasteiger partial charge in [0.25, 0.3) is 0 Å². The van der Waals surface area contributed by atoms with E-state index in [0.717, 1.165) is 12.1 Å². The van der Waals surface area contributed by atoms with E-state index >= 15 is 0 Å². The maximum atomic E-state index is 12.8. The Labute approximate surface area is 150 Å². The van der Waals surface area contributed by atoms with E-state index in [-0.39, 0.29) is 0 Å². The van der Waals surface area contributed by atoms with E-state index in [1.165, 1.54) is 12.1 Å². The molecule has 2 aromatic carbocycles. The Hall–Kier alpha value is -2.63. The van der Waals surface area contributed by atoms with Gasteiger partial charge >= 0.3 is 6.18 Å². The molecule has 0 spiro atoms. The summed E-state index contributed by atoms with van der Waals surface area (Å²) >= 11 is 0. The van der Waals surface area contributed by atoms with Crippen molar-refractivity contribution in [2.45, 2.75) is 33.0 Å². The van der Waals surface area contributed by atoms with Crippen molar-refractivity contribution in [3.05, 3.63) is 71.3 Å². The average molecular weight is 362 g/mol. The maximum absolute atomic E-state index is 12.8. The smallest absolute Gasteiger partial charge is 0.368 e. The molecule has 138 valence electrons. The molecule has 1 atom stereocenters. The highest BCUT2D eigenvalue weighted by atomic mass is 19.4. The van der Waals surface area contributed by atoms with Crippen molar-refractivity contribution in [2.75, 3.05) is 0 Å². The van der Waals surface area contributed by atoms with Crippen molar-refractivity contribution in [1.29, 1.82) is 0 Å². The van der Waals surface area contributed by atoms with Crippen molar-refractivity contribution < 1.29 is 18.0 Å². The lowest BCUT2D eigenvalue weighted by atomic mass is 9.84. The highest BCUT2D eigenvalue weighted by Gasteiger charge is 2.31. The monoisotopic (exact) mass is 362 g/mol. The second-order valence-corrected chi connectivity index (χ2v) is 7.02. The minimum Gasteiger partial charge on any atom is -0.368 e. The fraction of sp³-hybridized carbons (Fsp3) is 0.300. The summed E-state index contributed by atoms with van der Waals surface area (Å²) in [5.74, 6) is -0.620. The maximum Gasteiger partial charge on any atom is 0.416 e. The van der Waals surface area contributed by atoms with Gasteiger partial charge in [0.05, 0.1) is 5.56 Å². The highest BCUT2D eigenvalue weighted by Crippen LogP contribution is 2.31. The molecule has 6 heteroatoms. The van der Waals surface area contributed by atoms with Gasteiger partial charge in [-0.15, -0.1) is 0 Å². The Morgan fingerprint density at radius 3 is 1.92 bits per heavy atom. The highest BCUT2D eigenvalue weighted by molar-refractivity contribution is 6.05. The Morgan fingerprint density at radius 2 is 1.50 bits per heavy atom. The van der Waals surface area contributed by atoms with Gasteiger partial charge in [-0.1, -0.05) is 63.2 Å². The largest absolute Gasteiger partial charge is 0.416 e. The Bertz CT molecular complexity index is 789. The van der Waals surface area contributed by atoms with Crippen LogP contribution < -0.4 is 5.73 Å². The van der Waals surface area contributed by atoms with Crippen LogP contribution in [0, 0.1) is 5.41 Å². The number of halogens is 3. The summed E-state index contributed by atoms with van der Waals surface area (Å²) in [6.07, 6.45) is -4.41. The molecule has 0 radical (unpaired) electrons. The molecule has 0 saturated carbocycles. The molecule has 0 aliphatic rings. The summed E-state index contributed by atoms with van der Waals surface area (Å²) in [5.41, 5.74) is 5.96. The van der Waals surface area contributed by atoms with Gasteiger partial charge in [-0.3, -0.25) is 9.79 Å². The van der Waals surface area contributed by atoms with E-state index in [4.69, 9.17) is 5.73 Å². The van der Waals surface area contributed by atoms with E-state index in [9.17, 15) is 18.0 Å². The van der Waals surface area contributed by atoms with E-state index in [1.807, 2.05) is 26.8 Å². The van der Waals surface area contributed by atoms with Crippen LogP contribution in [0.2, 0.25) is 0 Å². The van der Waals surface area contributed by atoms with Crippen molar-refractivity contribution in [2.24, 2.45) is 16.1 Å². The Kier molecular flexibility index (Phi) is 5.54. The quantitative estimate of drug-likeness (QED) is 0.783. The van der Waals surface area contributed by atoms with Crippen molar-refractivity contribution >= 4 is 11.6 Å². The van der Waals surface area contributed by atoms with Crippen LogP contribution in [-0.2, 0) is 11.0 Å². The number of carbonyl (C=O) groups excluding carboxylic acids is 1. The Morgan fingerprint density at radius 1 is 0.962 bits per heavy atom. The molecule has 3 nitrogen and oxygen atoms in total. The van der Waals surface area contributed by atoms with Crippen LogP contribution in [0.5, 0.6) is 0 Å². The molecule has 2 N–H and O–H groups in total. The van der Waals surface area contributed by atoms with Gasteiger partial charge in [-0.2, -0.15) is 13.2 Å². The molecule has 0 aliphatic carbocycles. The fourth-order valence-corrected chi connectivity index (χ4v) is 2.59. The molecular formula is C20H21F3N2O. The van der Waals surface area contributed by atoms with E-state index < -0.39 is 29.1 Å². The lowest BCUT2D eigenvalue weighted by Gasteiger charge is -2.24. The van der Waals surface area contributed by atoms with Crippen LogP contribution in [0.4, 0.5) is 13.2 Å². The first kappa shape index (κ1) is 19.7. The molecule has 0 aliphatic heterocycles. The number of amides is 1. The summed E-state index contributed by atoms with van der Waals surface area (Å²) in [4.78, 5) is 16.5. The van der Waals surface area contributed by atoms with Gasteiger partial charge in [-0.05, 0) is 23.3 Å². The number of hydrogen-bond acceptors (Lipinski definition) is 2. The number of benzene rings is 2. The first-order chi connectivity index (χ1) is 12.0. The topological polar surface area (TPSA) is 55.4 Å². The number of rotatable bonds is 4. The second-order valence-electron chi connectivity index (χ2n) is 7.02. The van der Waals surface area contributed by atoms with Crippen molar-refractivity contribution in [1.82, 2.24) is 0 Å². The van der Waals surface area contributed by atoms with Gasteiger partial charge in [0.1, 0.15) is 0 Å². The van der Waals surface area contributed by atoms with E-state index in [2.05, 4.69) is 4.99 Å². The fourth-order valence-electron chi connectivity index (χ4n) is 2.59. The summed E-state index contributed by atoms with van der Waals surface area (Å²) < 4.78 is 38.4. The summed E-state index contributed by atoms with van der Waals surface area (Å²) in [5, 5.41) is 0. The third kappa shape index (κ3) is 4.71. The van der Waals surface area contributed by atoms with Gasteiger partial charge in [0, 0.05) is 11.1 Å². The van der Waals surface area contributed by atoms with Gasteiger partial charge < -0.3 is 5.73 Å². The first-order valence-corrected chi connectivity index (χ1v) is 8.10. The van der Waals surface area contributed by atoms with Gasteiger partial charge in [0.2, 0.25) is 5.91 Å². The summed E-state index contributed by atoms with van der Waals surface area (Å²) in [6, 6.07) is 12.7. The number of hydrogen-bond donors (Lipinski definition) is 1. The van der Waals surface area contributed by atoms with Crippen LogP contribution in [-0.4, -0.2) is 11.6 Å². The zero-order valence-electron chi connectivity index (χ0n) is 14.8. The van der Waals surface area contributed by atoms with Gasteiger partial charge in [0.15, 0.2) is 6.04 Å². The summed E-state index contributed by atoms with van der Waals surface area (Å²) in [7, 11) is 0. The minimum absolute atomic E-state index is 0.498. The van der Waals surface area contributed by atoms with E-state index in [0.29, 0.717) is 16.8 Å². The molecule has 2 aromatic rings. The average Bonchev–Trinajstić information content (AvgIpc) is 2.54. The zero-order chi connectivity index (χ0) is 19.5. The number of carbonyl (C=O) groups is 1. The molecule has 0 aromatic heterocycles. The molecule has 1 unspecified atom stereocenters. The third-order valence-corrected chi connectivity index (χ3v) is 3.84. The molecule has 1 amide bonds. The lowest BCUT2D eigenvalue weighted by Crippen LogP contribution is -2.27. The number of alkyl halides is 3. The number of primary amides is 1. The van der Waals surface area contributed by atoms with Crippen LogP contribution in [0.25, 0.3) is 0 Å². The van der Waals surface area contributed by atoms with Gasteiger partial charge in [-0.25, -0.2) is 0 Å². The van der Waals surface area contributed by atoms with Crippen LogP contribution in [0.3, 0.4) is 0 Å². The predicted octanol–water partition coefficient (Wildman–Crippen LogP) is 4.77. The van der Waals surface area contributed by atoms with E-state index in [1.54, 1.807) is 24.3 Å². The number of nitrogens with zero attached hydrogens (tertiary/aromatic N) is 1. The van der Waals surface area contributed by atoms with Crippen molar-refractivity contribution in [3.8, 4) is 0 Å². The molecule has 0 heterocycles. The lowest BCUT2D eigenvalue weighted by molar-refractivity contribution is -0.137. The first-order valence-electron chi connectivity index (χ1n) is 8.10. The molecule has 0 saturated heterocycles. The SMILES string of the molecule is CC(C)(C)C(=NC(C(N)=O)c1ccccc1)c1ccc(C(F)(F)F)cc1. The molecule has 0 bridgehead atoms. The summed E-state index contributed by atoms with van der Waals surface area (Å²) in [6.45, 7) is 5.64. The molecular weight excluding hydrogens is 341 g/mol. The molecule has 26 heavy (non-hydrogen) atoms. The predicted molar refractivity (Wildman–Crippen MR) is 95.8 cm³/mol. The normalized spacial score (nSPS) is 14.2. The zero-order valence-corrected chi connectivity index (χ0v) is 14.8. The Balaban J connectivity index is 2.53. The number of nitrogens with two attached hydrogens (primary N) is 1. The molecule has 2 rings (SSSR count). The molecule has 0 fully saturated rings. The minimum atomic E-state index is -4.41. The van der Waals surface area contributed by atoms with Crippen molar-refractivity contribution in [3.63, 3.8) is 0 Å². The van der Waals surface area contributed by atoms with Crippen LogP contribution in [0.15, 0.2) is 59.6 Å². The second kappa shape index (κ2) is 7.32. The third-order valence-electron chi connectivity index (χ3n) is 3.84. The standard InChI is InChI=1S/C20H21F3N2O/c1-19(2,3)17(14-9-11-15(12-10-14)20(21,22)23)25-16(18(24)26)13-7-5-4-6-8-13/h4-12,16H,1-3H3,(H2,24,26). The van der Waals surface area contributed by atoms with Crippen LogP contribution >= 0.6 is 0 Å². The number of aliphatic imine (C=N–C) groups is 1. The van der Waals surface area contributed by atoms with Crippen LogP contribution in [0.1, 0.15) is 43.5 Å².